The van der Waals surface area contributed by atoms with Crippen molar-refractivity contribution in [3.8, 4) is 0 Å². The van der Waals surface area contributed by atoms with Crippen molar-refractivity contribution in [3.63, 3.8) is 0 Å². The standard InChI is InChI=1S/C8H10N2O2.C2H6/c9-12-8(11)6-10-7-4-2-1-3-5-7;1-2/h1-6,10-11H,9H2;1-2H3/p+1/b8-6-;. The molecule has 0 unspecified atom stereocenters. The molecule has 0 saturated heterocycles. The molecule has 0 fully saturated rings. The number of aliphatic hydroxyl groups excluding tert-OH is 1. The summed E-state index contributed by atoms with van der Waals surface area (Å²) in [4.78, 5) is 4.06. The summed E-state index contributed by atoms with van der Waals surface area (Å²) in [5.74, 6) is 4.39. The van der Waals surface area contributed by atoms with Gasteiger partial charge in [-0.15, -0.1) is 0 Å². The molecular weight excluding hydrogens is 180 g/mol. The van der Waals surface area contributed by atoms with Gasteiger partial charge in [-0.05, 0) is 12.1 Å². The van der Waals surface area contributed by atoms with Gasteiger partial charge in [0, 0.05) is 0 Å². The molecule has 0 amide bonds. The highest BCUT2D eigenvalue weighted by Crippen LogP contribution is 1.95. The predicted octanol–water partition coefficient (Wildman–Crippen LogP) is 1.15. The summed E-state index contributed by atoms with van der Waals surface area (Å²) in [5, 5.41) is 10.5. The zero-order valence-electron chi connectivity index (χ0n) is 8.47. The average molecular weight is 197 g/mol. The van der Waals surface area contributed by atoms with Gasteiger partial charge in [-0.2, -0.15) is 5.90 Å². The lowest BCUT2D eigenvalue weighted by Crippen LogP contribution is -2.71. The van der Waals surface area contributed by atoms with Crippen LogP contribution in [0.25, 0.3) is 0 Å². The molecule has 1 aromatic carbocycles. The third-order valence-electron chi connectivity index (χ3n) is 1.34. The summed E-state index contributed by atoms with van der Waals surface area (Å²) in [6.45, 7) is 4.00. The molecule has 0 radical (unpaired) electrons. The first-order chi connectivity index (χ1) is 6.83. The summed E-state index contributed by atoms with van der Waals surface area (Å²) in [6, 6.07) is 9.53. The number of aliphatic hydroxyl groups is 1. The maximum atomic E-state index is 8.80. The van der Waals surface area contributed by atoms with E-state index in [9.17, 15) is 0 Å². The summed E-state index contributed by atoms with van der Waals surface area (Å²) >= 11 is 0. The van der Waals surface area contributed by atoms with Gasteiger partial charge in [0.15, 0.2) is 6.20 Å². The van der Waals surface area contributed by atoms with Crippen LogP contribution in [0.4, 0.5) is 5.69 Å². The second-order valence-electron chi connectivity index (χ2n) is 2.20. The van der Waals surface area contributed by atoms with E-state index in [1.165, 1.54) is 6.20 Å². The molecule has 1 aromatic rings. The minimum atomic E-state index is -0.307. The largest absolute Gasteiger partial charge is 0.476 e. The maximum Gasteiger partial charge on any atom is 0.352 e. The molecule has 14 heavy (non-hydrogen) atoms. The van der Waals surface area contributed by atoms with Crippen LogP contribution in [0.3, 0.4) is 0 Å². The van der Waals surface area contributed by atoms with Gasteiger partial charge in [0.25, 0.3) is 0 Å². The quantitative estimate of drug-likeness (QED) is 0.387. The molecule has 5 N–H and O–H groups in total. The predicted molar refractivity (Wildman–Crippen MR) is 55.4 cm³/mol. The van der Waals surface area contributed by atoms with Crippen molar-refractivity contribution in [1.29, 1.82) is 0 Å². The maximum absolute atomic E-state index is 8.80. The topological polar surface area (TPSA) is 72.1 Å². The number of hydrogen-bond donors (Lipinski definition) is 3. The Balaban J connectivity index is 0.000000791. The SMILES string of the molecule is CC.NO/C(O)=C\[NH2+]c1ccccc1. The van der Waals surface area contributed by atoms with E-state index in [2.05, 4.69) is 4.84 Å². The Labute approximate surface area is 84.0 Å². The molecule has 0 aliphatic carbocycles. The minimum absolute atomic E-state index is 0.307. The normalized spacial score (nSPS) is 10.1. The van der Waals surface area contributed by atoms with Crippen LogP contribution in [-0.2, 0) is 4.84 Å². The Kier molecular flexibility index (Phi) is 7.22. The monoisotopic (exact) mass is 197 g/mol. The highest BCUT2D eigenvalue weighted by atomic mass is 16.7. The van der Waals surface area contributed by atoms with Crippen molar-refractivity contribution in [2.24, 2.45) is 5.90 Å². The molecule has 0 spiro atoms. The molecule has 0 aliphatic heterocycles. The molecule has 0 saturated carbocycles. The van der Waals surface area contributed by atoms with Crippen LogP contribution in [0.5, 0.6) is 0 Å². The molecule has 1 rings (SSSR count). The molecule has 0 heterocycles. The van der Waals surface area contributed by atoms with Crippen LogP contribution in [0.15, 0.2) is 42.5 Å². The van der Waals surface area contributed by atoms with Gasteiger partial charge in [-0.1, -0.05) is 32.0 Å². The number of hydrogen-bond acceptors (Lipinski definition) is 3. The van der Waals surface area contributed by atoms with Crippen molar-refractivity contribution in [1.82, 2.24) is 0 Å². The number of para-hydroxylation sites is 1. The van der Waals surface area contributed by atoms with E-state index in [0.717, 1.165) is 5.69 Å². The summed E-state index contributed by atoms with van der Waals surface area (Å²) < 4.78 is 0. The molecular formula is C10H17N2O2+. The van der Waals surface area contributed by atoms with Gasteiger partial charge in [-0.25, -0.2) is 0 Å². The van der Waals surface area contributed by atoms with Crippen LogP contribution in [0, 0.1) is 0 Å². The summed E-state index contributed by atoms with van der Waals surface area (Å²) in [6.07, 6.45) is 1.38. The average Bonchev–Trinajstić information content (AvgIpc) is 2.30. The number of nitrogens with two attached hydrogens (primary N) is 2. The van der Waals surface area contributed by atoms with E-state index in [4.69, 9.17) is 11.0 Å². The van der Waals surface area contributed by atoms with E-state index in [-0.39, 0.29) is 5.95 Å². The fourth-order valence-electron chi connectivity index (χ4n) is 0.771. The Morgan fingerprint density at radius 1 is 1.36 bits per heavy atom. The molecule has 0 aromatic heterocycles. The molecule has 0 atom stereocenters. The molecule has 4 heteroatoms. The van der Waals surface area contributed by atoms with Crippen LogP contribution in [-0.4, -0.2) is 5.11 Å². The highest BCUT2D eigenvalue weighted by Gasteiger charge is 1.94. The zero-order chi connectivity index (χ0) is 10.8. The van der Waals surface area contributed by atoms with Crippen LogP contribution in [0.2, 0.25) is 0 Å². The first-order valence-corrected chi connectivity index (χ1v) is 4.48. The lowest BCUT2D eigenvalue weighted by molar-refractivity contribution is -0.500. The van der Waals surface area contributed by atoms with Crippen LogP contribution in [0.1, 0.15) is 13.8 Å². The molecule has 0 aliphatic rings. The minimum Gasteiger partial charge on any atom is -0.476 e. The number of quaternary nitrogens is 1. The van der Waals surface area contributed by atoms with Crippen molar-refractivity contribution in [2.45, 2.75) is 13.8 Å². The molecule has 0 bridgehead atoms. The second kappa shape index (κ2) is 8.10. The smallest absolute Gasteiger partial charge is 0.352 e. The Morgan fingerprint density at radius 2 is 1.93 bits per heavy atom. The van der Waals surface area contributed by atoms with Gasteiger partial charge < -0.3 is 9.94 Å². The van der Waals surface area contributed by atoms with Crippen molar-refractivity contribution < 1.29 is 15.3 Å². The number of benzene rings is 1. The first-order valence-electron chi connectivity index (χ1n) is 4.48. The summed E-state index contributed by atoms with van der Waals surface area (Å²) in [5.41, 5.74) is 0.973. The van der Waals surface area contributed by atoms with E-state index in [1.54, 1.807) is 5.32 Å². The van der Waals surface area contributed by atoms with Crippen molar-refractivity contribution in [2.75, 3.05) is 0 Å². The fraction of sp³-hybridized carbons (Fsp3) is 0.200. The van der Waals surface area contributed by atoms with E-state index < -0.39 is 0 Å². The summed E-state index contributed by atoms with van der Waals surface area (Å²) in [7, 11) is 0. The fourth-order valence-corrected chi connectivity index (χ4v) is 0.771. The van der Waals surface area contributed by atoms with E-state index >= 15 is 0 Å². The van der Waals surface area contributed by atoms with Crippen molar-refractivity contribution in [3.05, 3.63) is 42.5 Å². The Morgan fingerprint density at radius 3 is 2.43 bits per heavy atom. The third kappa shape index (κ3) is 5.18. The number of rotatable bonds is 3. The van der Waals surface area contributed by atoms with Crippen molar-refractivity contribution >= 4 is 5.69 Å². The van der Waals surface area contributed by atoms with Gasteiger partial charge in [0.05, 0.1) is 0 Å². The second-order valence-corrected chi connectivity index (χ2v) is 2.20. The Bertz CT molecular complexity index is 260. The Hall–Kier alpha value is -1.52. The molecule has 78 valence electrons. The molecule has 4 nitrogen and oxygen atoms in total. The van der Waals surface area contributed by atoms with E-state index in [1.807, 2.05) is 44.2 Å². The zero-order valence-corrected chi connectivity index (χ0v) is 8.47. The van der Waals surface area contributed by atoms with Crippen LogP contribution < -0.4 is 11.2 Å². The lowest BCUT2D eigenvalue weighted by atomic mass is 10.3. The van der Waals surface area contributed by atoms with Gasteiger partial charge >= 0.3 is 5.95 Å². The van der Waals surface area contributed by atoms with E-state index in [0.29, 0.717) is 0 Å². The van der Waals surface area contributed by atoms with Crippen LogP contribution >= 0.6 is 0 Å². The van der Waals surface area contributed by atoms with Gasteiger partial charge in [-0.3, -0.25) is 5.32 Å². The highest BCUT2D eigenvalue weighted by molar-refractivity contribution is 5.27. The lowest BCUT2D eigenvalue weighted by Gasteiger charge is -1.94. The van der Waals surface area contributed by atoms with Gasteiger partial charge in [0.1, 0.15) is 5.69 Å². The first kappa shape index (κ1) is 12.5. The van der Waals surface area contributed by atoms with Gasteiger partial charge in [0.2, 0.25) is 0 Å². The third-order valence-corrected chi connectivity index (χ3v) is 1.34.